The second-order valence-corrected chi connectivity index (χ2v) is 9.79. The molecule has 0 spiro atoms. The van der Waals surface area contributed by atoms with Crippen molar-refractivity contribution in [3.63, 3.8) is 0 Å². The number of amides is 2. The zero-order valence-electron chi connectivity index (χ0n) is 22.3. The number of hydrogen-bond donors (Lipinski definition) is 2. The molecule has 0 saturated carbocycles. The van der Waals surface area contributed by atoms with E-state index in [4.69, 9.17) is 14.0 Å². The van der Waals surface area contributed by atoms with Gasteiger partial charge in [-0.25, -0.2) is 0 Å². The maximum atomic E-state index is 13.2. The van der Waals surface area contributed by atoms with E-state index in [0.717, 1.165) is 24.9 Å². The fourth-order valence-electron chi connectivity index (χ4n) is 4.43. The van der Waals surface area contributed by atoms with E-state index in [1.165, 1.54) is 0 Å². The van der Waals surface area contributed by atoms with Crippen molar-refractivity contribution < 1.29 is 23.6 Å². The molecule has 4 rings (SSSR count). The lowest BCUT2D eigenvalue weighted by Gasteiger charge is -2.31. The van der Waals surface area contributed by atoms with Crippen molar-refractivity contribution in [2.45, 2.75) is 33.2 Å². The van der Waals surface area contributed by atoms with Crippen LogP contribution in [0, 0.1) is 11.8 Å². The van der Waals surface area contributed by atoms with Crippen LogP contribution in [0.25, 0.3) is 11.4 Å². The first-order valence-corrected chi connectivity index (χ1v) is 12.8. The Morgan fingerprint density at radius 1 is 1.13 bits per heavy atom. The number of rotatable bonds is 10. The summed E-state index contributed by atoms with van der Waals surface area (Å²) in [6, 6.07) is 12.5. The summed E-state index contributed by atoms with van der Waals surface area (Å²) in [5, 5.41) is 10.0. The van der Waals surface area contributed by atoms with Gasteiger partial charge in [-0.2, -0.15) is 4.98 Å². The molecular formula is C28H35N5O5. The second-order valence-electron chi connectivity index (χ2n) is 9.79. The number of benzene rings is 2. The number of likely N-dealkylation sites (tertiary alicyclic amines) is 1. The Bertz CT molecular complexity index is 1260. The molecule has 1 aliphatic heterocycles. The van der Waals surface area contributed by atoms with E-state index < -0.39 is 0 Å². The molecule has 1 saturated heterocycles. The molecule has 0 bridgehead atoms. The van der Waals surface area contributed by atoms with Gasteiger partial charge in [0.15, 0.2) is 11.5 Å². The van der Waals surface area contributed by atoms with Crippen LogP contribution < -0.4 is 20.1 Å². The Morgan fingerprint density at radius 3 is 2.68 bits per heavy atom. The highest BCUT2D eigenvalue weighted by Gasteiger charge is 2.28. The molecule has 1 unspecified atom stereocenters. The quantitative estimate of drug-likeness (QED) is 0.411. The molecule has 1 aliphatic rings. The number of nitrogens with zero attached hydrogens (tertiary/aromatic N) is 3. The topological polar surface area (TPSA) is 119 Å². The number of piperidine rings is 1. The van der Waals surface area contributed by atoms with Crippen LogP contribution in [0.5, 0.6) is 11.5 Å². The number of anilines is 1. The largest absolute Gasteiger partial charge is 0.493 e. The van der Waals surface area contributed by atoms with Crippen LogP contribution in [-0.4, -0.2) is 60.7 Å². The molecule has 1 atom stereocenters. The van der Waals surface area contributed by atoms with Gasteiger partial charge in [0.25, 0.3) is 5.91 Å². The highest BCUT2D eigenvalue weighted by molar-refractivity contribution is 6.04. The molecule has 2 aromatic carbocycles. The van der Waals surface area contributed by atoms with Crippen molar-refractivity contribution >= 4 is 17.5 Å². The summed E-state index contributed by atoms with van der Waals surface area (Å²) in [5.41, 5.74) is 1.74. The molecule has 2 heterocycles. The second kappa shape index (κ2) is 12.6. The number of para-hydroxylation sites is 1. The van der Waals surface area contributed by atoms with Crippen molar-refractivity contribution in [3.05, 3.63) is 53.9 Å². The molecule has 1 aromatic heterocycles. The van der Waals surface area contributed by atoms with Crippen molar-refractivity contribution in [3.8, 4) is 22.9 Å². The first kappa shape index (κ1) is 27.1. The number of carbonyl (C=O) groups is 2. The van der Waals surface area contributed by atoms with Gasteiger partial charge in [-0.3, -0.25) is 14.5 Å². The zero-order chi connectivity index (χ0) is 27.1. The lowest BCUT2D eigenvalue weighted by Crippen LogP contribution is -2.40. The molecule has 2 N–H and O–H groups in total. The van der Waals surface area contributed by atoms with Crippen LogP contribution in [0.1, 0.15) is 42.9 Å². The van der Waals surface area contributed by atoms with Crippen LogP contribution in [-0.2, 0) is 11.3 Å². The predicted molar refractivity (Wildman–Crippen MR) is 143 cm³/mol. The maximum Gasteiger partial charge on any atom is 0.253 e. The Morgan fingerprint density at radius 2 is 1.92 bits per heavy atom. The van der Waals surface area contributed by atoms with Crippen LogP contribution in [0.2, 0.25) is 0 Å². The fraction of sp³-hybridized carbons (Fsp3) is 0.429. The van der Waals surface area contributed by atoms with E-state index in [-0.39, 0.29) is 17.7 Å². The summed E-state index contributed by atoms with van der Waals surface area (Å²) in [5.74, 6) is 1.96. The Hall–Kier alpha value is -3.92. The van der Waals surface area contributed by atoms with Gasteiger partial charge in [0, 0.05) is 18.7 Å². The minimum absolute atomic E-state index is 0.102. The minimum Gasteiger partial charge on any atom is -0.493 e. The van der Waals surface area contributed by atoms with E-state index in [1.807, 2.05) is 26.0 Å². The van der Waals surface area contributed by atoms with E-state index in [0.29, 0.717) is 60.0 Å². The minimum atomic E-state index is -0.219. The average Bonchev–Trinajstić information content (AvgIpc) is 3.40. The third kappa shape index (κ3) is 6.69. The Kier molecular flexibility index (Phi) is 8.96. The third-order valence-electron chi connectivity index (χ3n) is 6.45. The summed E-state index contributed by atoms with van der Waals surface area (Å²) < 4.78 is 16.2. The molecule has 38 heavy (non-hydrogen) atoms. The Balaban J connectivity index is 1.38. The van der Waals surface area contributed by atoms with E-state index >= 15 is 0 Å². The highest BCUT2D eigenvalue weighted by atomic mass is 16.5. The van der Waals surface area contributed by atoms with Crippen molar-refractivity contribution in [2.75, 3.05) is 39.2 Å². The molecule has 10 heteroatoms. The van der Waals surface area contributed by atoms with Crippen LogP contribution in [0.15, 0.2) is 47.0 Å². The lowest BCUT2D eigenvalue weighted by molar-refractivity contribution is -0.121. The number of aromatic nitrogens is 2. The van der Waals surface area contributed by atoms with Crippen molar-refractivity contribution in [1.29, 1.82) is 0 Å². The summed E-state index contributed by atoms with van der Waals surface area (Å²) in [6.45, 7) is 6.47. The van der Waals surface area contributed by atoms with Crippen LogP contribution in [0.3, 0.4) is 0 Å². The predicted octanol–water partition coefficient (Wildman–Crippen LogP) is 3.99. The SMILES string of the molecule is COc1ccc(-c2noc(CN3CCCC(C(=O)Nc4ccccc4C(=O)NCC(C)C)C3)n2)cc1OC. The maximum absolute atomic E-state index is 13.2. The van der Waals surface area contributed by atoms with Gasteiger partial charge < -0.3 is 24.6 Å². The van der Waals surface area contributed by atoms with E-state index in [1.54, 1.807) is 44.6 Å². The number of nitrogens with one attached hydrogen (secondary N) is 2. The van der Waals surface area contributed by atoms with Gasteiger partial charge in [-0.1, -0.05) is 31.1 Å². The van der Waals surface area contributed by atoms with Crippen LogP contribution in [0.4, 0.5) is 5.69 Å². The average molecular weight is 522 g/mol. The highest BCUT2D eigenvalue weighted by Crippen LogP contribution is 2.31. The number of hydrogen-bond acceptors (Lipinski definition) is 8. The van der Waals surface area contributed by atoms with Crippen LogP contribution >= 0.6 is 0 Å². The molecule has 0 aliphatic carbocycles. The molecule has 0 radical (unpaired) electrons. The monoisotopic (exact) mass is 521 g/mol. The zero-order valence-corrected chi connectivity index (χ0v) is 22.3. The number of methoxy groups -OCH3 is 2. The smallest absolute Gasteiger partial charge is 0.253 e. The fourth-order valence-corrected chi connectivity index (χ4v) is 4.43. The first-order valence-electron chi connectivity index (χ1n) is 12.8. The molecular weight excluding hydrogens is 486 g/mol. The number of carbonyl (C=O) groups excluding carboxylic acids is 2. The van der Waals surface area contributed by atoms with Gasteiger partial charge in [0.2, 0.25) is 17.6 Å². The van der Waals surface area contributed by atoms with E-state index in [9.17, 15) is 9.59 Å². The summed E-state index contributed by atoms with van der Waals surface area (Å²) in [6.07, 6.45) is 1.63. The molecule has 10 nitrogen and oxygen atoms in total. The van der Waals surface area contributed by atoms with Crippen molar-refractivity contribution in [1.82, 2.24) is 20.4 Å². The molecule has 3 aromatic rings. The molecule has 202 valence electrons. The van der Waals surface area contributed by atoms with Gasteiger partial charge in [0.1, 0.15) is 0 Å². The molecule has 2 amide bonds. The summed E-state index contributed by atoms with van der Waals surface area (Å²) in [7, 11) is 3.16. The third-order valence-corrected chi connectivity index (χ3v) is 6.45. The number of ether oxygens (including phenoxy) is 2. The van der Waals surface area contributed by atoms with Gasteiger partial charge >= 0.3 is 0 Å². The van der Waals surface area contributed by atoms with Gasteiger partial charge in [-0.05, 0) is 55.6 Å². The Labute approximate surface area is 222 Å². The molecule has 1 fully saturated rings. The summed E-state index contributed by atoms with van der Waals surface area (Å²) >= 11 is 0. The van der Waals surface area contributed by atoms with Gasteiger partial charge in [0.05, 0.1) is 37.9 Å². The lowest BCUT2D eigenvalue weighted by atomic mass is 9.96. The first-order chi connectivity index (χ1) is 18.4. The summed E-state index contributed by atoms with van der Waals surface area (Å²) in [4.78, 5) is 32.5. The van der Waals surface area contributed by atoms with E-state index in [2.05, 4.69) is 25.7 Å². The normalized spacial score (nSPS) is 15.8. The van der Waals surface area contributed by atoms with Crippen molar-refractivity contribution in [2.24, 2.45) is 11.8 Å². The van der Waals surface area contributed by atoms with Gasteiger partial charge in [-0.15, -0.1) is 0 Å². The standard InChI is InChI=1S/C28H35N5O5/c1-18(2)15-29-28(35)21-9-5-6-10-22(21)30-27(34)20-8-7-13-33(16-20)17-25-31-26(32-38-25)19-11-12-23(36-3)24(14-19)37-4/h5-6,9-12,14,18,20H,7-8,13,15-17H2,1-4H3,(H,29,35)(H,30,34).